The Morgan fingerprint density at radius 3 is 2.64 bits per heavy atom. The summed E-state index contributed by atoms with van der Waals surface area (Å²) < 4.78 is 23.7. The Morgan fingerprint density at radius 2 is 1.97 bits per heavy atom. The molecule has 1 amide bonds. The van der Waals surface area contributed by atoms with Gasteiger partial charge in [0.15, 0.2) is 0 Å². The third-order valence-electron chi connectivity index (χ3n) is 6.88. The highest BCUT2D eigenvalue weighted by molar-refractivity contribution is 7.47. The molecule has 1 aromatic carbocycles. The summed E-state index contributed by atoms with van der Waals surface area (Å²) in [5.41, 5.74) is 0.484. The summed E-state index contributed by atoms with van der Waals surface area (Å²) in [5.74, 6) is 1.09. The number of hydrogen-bond donors (Lipinski definition) is 2. The zero-order valence-electron chi connectivity index (χ0n) is 20.7. The molecular formula is C27H33N2O5PS. The number of benzene rings is 1. The van der Waals surface area contributed by atoms with Crippen molar-refractivity contribution in [2.75, 3.05) is 11.9 Å². The number of thiophene rings is 1. The highest BCUT2D eigenvalue weighted by Crippen LogP contribution is 2.40. The molecule has 2 atom stereocenters. The molecular weight excluding hydrogens is 495 g/mol. The van der Waals surface area contributed by atoms with Crippen LogP contribution in [0.2, 0.25) is 0 Å². The lowest BCUT2D eigenvalue weighted by Gasteiger charge is -2.38. The number of rotatable bonds is 10. The van der Waals surface area contributed by atoms with Gasteiger partial charge in [0, 0.05) is 34.5 Å². The van der Waals surface area contributed by atoms with E-state index in [-0.39, 0.29) is 22.7 Å². The van der Waals surface area contributed by atoms with E-state index in [1.54, 1.807) is 23.5 Å². The normalized spacial score (nSPS) is 16.6. The molecule has 2 aromatic heterocycles. The number of carbonyl (C=O) groups is 1. The second kappa shape index (κ2) is 12.0. The summed E-state index contributed by atoms with van der Waals surface area (Å²) in [6.07, 6.45) is 8.00. The van der Waals surface area contributed by atoms with Gasteiger partial charge in [-0.1, -0.05) is 32.3 Å². The average Bonchev–Trinajstić information content (AvgIpc) is 3.38. The fourth-order valence-electron chi connectivity index (χ4n) is 4.47. The maximum atomic E-state index is 13.1. The van der Waals surface area contributed by atoms with Crippen molar-refractivity contribution < 1.29 is 23.7 Å². The molecule has 0 radical (unpaired) electrons. The molecule has 2 heterocycles. The number of aromatic nitrogens is 1. The van der Waals surface area contributed by atoms with Gasteiger partial charge in [-0.15, -0.1) is 11.3 Å². The van der Waals surface area contributed by atoms with Gasteiger partial charge in [-0.3, -0.25) is 9.36 Å². The van der Waals surface area contributed by atoms with Gasteiger partial charge < -0.3 is 19.7 Å². The van der Waals surface area contributed by atoms with Crippen LogP contribution in [0.3, 0.4) is 0 Å². The average molecular weight is 529 g/mol. The maximum absolute atomic E-state index is 13.1. The minimum absolute atomic E-state index is 0.00846. The van der Waals surface area contributed by atoms with Gasteiger partial charge in [0.1, 0.15) is 23.4 Å². The van der Waals surface area contributed by atoms with E-state index in [0.29, 0.717) is 29.5 Å². The molecule has 1 aliphatic rings. The topological polar surface area (TPSA) is 97.8 Å². The van der Waals surface area contributed by atoms with E-state index in [2.05, 4.69) is 30.2 Å². The molecule has 4 rings (SSSR count). The van der Waals surface area contributed by atoms with Crippen LogP contribution in [0.1, 0.15) is 61.2 Å². The van der Waals surface area contributed by atoms with Crippen LogP contribution < -0.4 is 20.1 Å². The van der Waals surface area contributed by atoms with Crippen LogP contribution in [-0.4, -0.2) is 28.5 Å². The Morgan fingerprint density at radius 1 is 1.19 bits per heavy atom. The summed E-state index contributed by atoms with van der Waals surface area (Å²) in [5, 5.41) is 5.03. The SMILES string of the molecule is CC(Oc1cc(OCCc2cccs2)cc(C(=O)Nc2ccc([PH](=O)O)cn2)c1)C1(C)CCCCC1. The fourth-order valence-corrected chi connectivity index (χ4v) is 5.56. The number of amides is 1. The highest BCUT2D eigenvalue weighted by atomic mass is 32.1. The van der Waals surface area contributed by atoms with E-state index in [0.717, 1.165) is 19.3 Å². The van der Waals surface area contributed by atoms with Crippen molar-refractivity contribution in [1.82, 2.24) is 4.98 Å². The largest absolute Gasteiger partial charge is 0.493 e. The van der Waals surface area contributed by atoms with E-state index in [9.17, 15) is 14.3 Å². The molecule has 36 heavy (non-hydrogen) atoms. The molecule has 7 nitrogen and oxygen atoms in total. The Balaban J connectivity index is 1.52. The quantitative estimate of drug-likeness (QED) is 0.321. The van der Waals surface area contributed by atoms with Gasteiger partial charge in [-0.05, 0) is 55.5 Å². The Hall–Kier alpha value is -2.67. The molecule has 1 saturated carbocycles. The van der Waals surface area contributed by atoms with Crippen LogP contribution in [0.5, 0.6) is 11.5 Å². The van der Waals surface area contributed by atoms with E-state index in [1.165, 1.54) is 42.5 Å². The molecule has 1 aliphatic carbocycles. The first kappa shape index (κ1) is 26.4. The van der Waals surface area contributed by atoms with Gasteiger partial charge in [-0.2, -0.15) is 0 Å². The zero-order chi connectivity index (χ0) is 25.5. The maximum Gasteiger partial charge on any atom is 0.257 e. The zero-order valence-corrected chi connectivity index (χ0v) is 22.5. The first-order valence-electron chi connectivity index (χ1n) is 12.3. The van der Waals surface area contributed by atoms with Crippen LogP contribution in [0.25, 0.3) is 0 Å². The Labute approximate surface area is 216 Å². The summed E-state index contributed by atoms with van der Waals surface area (Å²) in [7, 11) is -2.83. The minimum Gasteiger partial charge on any atom is -0.493 e. The molecule has 9 heteroatoms. The fraction of sp³-hybridized carbons (Fsp3) is 0.407. The van der Waals surface area contributed by atoms with E-state index >= 15 is 0 Å². The van der Waals surface area contributed by atoms with Gasteiger partial charge in [0.05, 0.1) is 11.9 Å². The van der Waals surface area contributed by atoms with Crippen molar-refractivity contribution >= 4 is 36.4 Å². The first-order chi connectivity index (χ1) is 17.3. The van der Waals surface area contributed by atoms with E-state index < -0.39 is 8.03 Å². The lowest BCUT2D eigenvalue weighted by molar-refractivity contribution is 0.0418. The molecule has 192 valence electrons. The lowest BCUT2D eigenvalue weighted by Crippen LogP contribution is -2.36. The number of hydrogen-bond acceptors (Lipinski definition) is 6. The summed E-state index contributed by atoms with van der Waals surface area (Å²) in [4.78, 5) is 27.6. The molecule has 0 spiro atoms. The third kappa shape index (κ3) is 6.96. The van der Waals surface area contributed by atoms with Crippen molar-refractivity contribution in [1.29, 1.82) is 0 Å². The van der Waals surface area contributed by atoms with Crippen molar-refractivity contribution in [2.24, 2.45) is 5.41 Å². The highest BCUT2D eigenvalue weighted by Gasteiger charge is 2.34. The van der Waals surface area contributed by atoms with Crippen molar-refractivity contribution in [3.63, 3.8) is 0 Å². The van der Waals surface area contributed by atoms with Gasteiger partial charge in [0.2, 0.25) is 8.03 Å². The van der Waals surface area contributed by atoms with Gasteiger partial charge in [0.25, 0.3) is 5.91 Å². The second-order valence-electron chi connectivity index (χ2n) is 9.54. The first-order valence-corrected chi connectivity index (χ1v) is 14.5. The molecule has 0 bridgehead atoms. The number of anilines is 1. The number of carbonyl (C=O) groups excluding carboxylic acids is 1. The third-order valence-corrected chi connectivity index (χ3v) is 8.61. The monoisotopic (exact) mass is 528 g/mol. The smallest absolute Gasteiger partial charge is 0.257 e. The number of ether oxygens (including phenoxy) is 2. The molecule has 3 aromatic rings. The summed E-state index contributed by atoms with van der Waals surface area (Å²) in [6, 6.07) is 12.4. The van der Waals surface area contributed by atoms with Crippen LogP contribution >= 0.6 is 19.4 Å². The lowest BCUT2D eigenvalue weighted by atomic mass is 9.72. The molecule has 1 fully saturated rings. The van der Waals surface area contributed by atoms with Crippen LogP contribution in [-0.2, 0) is 11.0 Å². The molecule has 0 aliphatic heterocycles. The van der Waals surface area contributed by atoms with Crippen molar-refractivity contribution in [2.45, 2.75) is 58.5 Å². The van der Waals surface area contributed by atoms with Crippen molar-refractivity contribution in [3.8, 4) is 11.5 Å². The second-order valence-corrected chi connectivity index (χ2v) is 11.8. The minimum atomic E-state index is -2.83. The van der Waals surface area contributed by atoms with E-state index in [1.807, 2.05) is 17.5 Å². The molecule has 2 unspecified atom stereocenters. The Bertz CT molecular complexity index is 1180. The summed E-state index contributed by atoms with van der Waals surface area (Å²) in [6.45, 7) is 4.87. The predicted molar refractivity (Wildman–Crippen MR) is 144 cm³/mol. The summed E-state index contributed by atoms with van der Waals surface area (Å²) >= 11 is 1.69. The number of pyridine rings is 1. The molecule has 0 saturated heterocycles. The Kier molecular flexibility index (Phi) is 8.83. The standard InChI is InChI=1S/C27H33N2O5PS/c1-19(27(2)11-4-3-5-12-27)34-22-16-20(15-21(17-22)33-13-10-24-7-6-14-36-24)26(30)29-25-9-8-23(18-28-25)35(31)32/h6-9,14-19,35H,3-5,10-13H2,1-2H3,(H,31,32)(H,28,29,30). The van der Waals surface area contributed by atoms with Crippen LogP contribution in [0.15, 0.2) is 54.0 Å². The predicted octanol–water partition coefficient (Wildman–Crippen LogP) is 5.85. The van der Waals surface area contributed by atoms with E-state index in [4.69, 9.17) is 9.47 Å². The van der Waals surface area contributed by atoms with Gasteiger partial charge >= 0.3 is 0 Å². The van der Waals surface area contributed by atoms with Crippen LogP contribution in [0.4, 0.5) is 5.82 Å². The number of nitrogens with one attached hydrogen (secondary N) is 1. The molecule has 2 N–H and O–H groups in total. The van der Waals surface area contributed by atoms with Gasteiger partial charge in [-0.25, -0.2) is 4.98 Å². The van der Waals surface area contributed by atoms with Crippen molar-refractivity contribution in [3.05, 3.63) is 64.5 Å². The number of nitrogens with zero attached hydrogens (tertiary/aromatic N) is 1. The van der Waals surface area contributed by atoms with Crippen LogP contribution in [0, 0.1) is 5.41 Å².